The zero-order chi connectivity index (χ0) is 12.7. The molecule has 3 heterocycles. The predicted octanol–water partition coefficient (Wildman–Crippen LogP) is 0.110. The van der Waals surface area contributed by atoms with Gasteiger partial charge in [-0.15, -0.1) is 0 Å². The van der Waals surface area contributed by atoms with Gasteiger partial charge in [-0.05, 0) is 13.5 Å². The summed E-state index contributed by atoms with van der Waals surface area (Å²) in [6.45, 7) is 1.92. The van der Waals surface area contributed by atoms with Crippen molar-refractivity contribution in [2.75, 3.05) is 20.1 Å². The average Bonchev–Trinajstić information content (AvgIpc) is 2.69. The molecule has 6 heteroatoms. The molecule has 2 unspecified atom stereocenters. The Hall–Kier alpha value is -1.53. The third-order valence-electron chi connectivity index (χ3n) is 3.55. The van der Waals surface area contributed by atoms with Crippen LogP contribution in [-0.4, -0.2) is 50.8 Å². The van der Waals surface area contributed by atoms with Crippen molar-refractivity contribution in [2.45, 2.75) is 18.4 Å². The van der Waals surface area contributed by atoms with Gasteiger partial charge in [0.25, 0.3) is 0 Å². The van der Waals surface area contributed by atoms with Crippen LogP contribution < -0.4 is 5.73 Å². The molecule has 1 aliphatic heterocycles. The van der Waals surface area contributed by atoms with E-state index in [0.717, 1.165) is 36.4 Å². The summed E-state index contributed by atoms with van der Waals surface area (Å²) in [6.07, 6.45) is 4.59. The number of hydrogen-bond acceptors (Lipinski definition) is 5. The Balaban J connectivity index is 1.93. The van der Waals surface area contributed by atoms with Gasteiger partial charge in [0.15, 0.2) is 0 Å². The number of piperidine rings is 1. The van der Waals surface area contributed by atoms with Crippen LogP contribution in [-0.2, 0) is 7.05 Å². The standard InChI is InChI=1S/C12H18N6/c1-17-6-8(3-9(13)7-17)12-14-5-11-10(16-12)4-15-18(11)2/h4-5,8-9H,3,6-7,13H2,1-2H3. The molecule has 2 aromatic rings. The fraction of sp³-hybridized carbons (Fsp3) is 0.583. The first-order chi connectivity index (χ1) is 8.63. The van der Waals surface area contributed by atoms with Gasteiger partial charge in [-0.1, -0.05) is 0 Å². The molecule has 3 rings (SSSR count). The molecule has 1 fully saturated rings. The van der Waals surface area contributed by atoms with E-state index >= 15 is 0 Å². The van der Waals surface area contributed by atoms with Crippen molar-refractivity contribution in [3.63, 3.8) is 0 Å². The normalized spacial score (nSPS) is 25.7. The lowest BCUT2D eigenvalue weighted by Crippen LogP contribution is -2.44. The molecule has 0 saturated carbocycles. The summed E-state index contributed by atoms with van der Waals surface area (Å²) in [6, 6.07) is 0.210. The van der Waals surface area contributed by atoms with E-state index in [1.165, 1.54) is 0 Å². The van der Waals surface area contributed by atoms with Gasteiger partial charge in [-0.25, -0.2) is 9.97 Å². The maximum absolute atomic E-state index is 6.06. The van der Waals surface area contributed by atoms with Crippen molar-refractivity contribution in [2.24, 2.45) is 12.8 Å². The summed E-state index contributed by atoms with van der Waals surface area (Å²) < 4.78 is 1.79. The quantitative estimate of drug-likeness (QED) is 0.773. The Kier molecular flexibility index (Phi) is 2.76. The van der Waals surface area contributed by atoms with E-state index in [9.17, 15) is 0 Å². The molecule has 1 saturated heterocycles. The van der Waals surface area contributed by atoms with Crippen molar-refractivity contribution >= 4 is 11.0 Å². The van der Waals surface area contributed by atoms with E-state index in [1.54, 1.807) is 10.9 Å². The van der Waals surface area contributed by atoms with Gasteiger partial charge in [0.2, 0.25) is 0 Å². The van der Waals surface area contributed by atoms with Crippen molar-refractivity contribution in [1.82, 2.24) is 24.6 Å². The highest BCUT2D eigenvalue weighted by atomic mass is 15.3. The second kappa shape index (κ2) is 4.29. The molecule has 96 valence electrons. The van der Waals surface area contributed by atoms with Crippen molar-refractivity contribution in [1.29, 1.82) is 0 Å². The van der Waals surface area contributed by atoms with Crippen LogP contribution in [0.2, 0.25) is 0 Å². The number of nitrogens with zero attached hydrogens (tertiary/aromatic N) is 5. The molecule has 0 amide bonds. The summed E-state index contributed by atoms with van der Waals surface area (Å²) in [5.41, 5.74) is 7.93. The SMILES string of the molecule is CN1CC(N)CC(c2ncc3c(cnn3C)n2)C1. The van der Waals surface area contributed by atoms with Crippen LogP contribution in [0.3, 0.4) is 0 Å². The average molecular weight is 246 g/mol. The Bertz CT molecular complexity index is 553. The molecule has 0 radical (unpaired) electrons. The smallest absolute Gasteiger partial charge is 0.133 e. The minimum Gasteiger partial charge on any atom is -0.327 e. The fourth-order valence-corrected chi connectivity index (χ4v) is 2.70. The molecule has 1 aliphatic rings. The molecular formula is C12H18N6. The Labute approximate surface area is 106 Å². The van der Waals surface area contributed by atoms with E-state index in [1.807, 2.05) is 13.2 Å². The molecule has 2 N–H and O–H groups in total. The van der Waals surface area contributed by atoms with Gasteiger partial charge >= 0.3 is 0 Å². The summed E-state index contributed by atoms with van der Waals surface area (Å²) in [7, 11) is 3.99. The Morgan fingerprint density at radius 2 is 2.11 bits per heavy atom. The first-order valence-electron chi connectivity index (χ1n) is 6.22. The second-order valence-electron chi connectivity index (χ2n) is 5.18. The van der Waals surface area contributed by atoms with Crippen molar-refractivity contribution < 1.29 is 0 Å². The maximum atomic E-state index is 6.06. The van der Waals surface area contributed by atoms with Crippen LogP contribution in [0.25, 0.3) is 11.0 Å². The van der Waals surface area contributed by atoms with Crippen LogP contribution in [0.15, 0.2) is 12.4 Å². The zero-order valence-corrected chi connectivity index (χ0v) is 10.7. The second-order valence-corrected chi connectivity index (χ2v) is 5.18. The number of aryl methyl sites for hydroxylation is 1. The van der Waals surface area contributed by atoms with Gasteiger partial charge in [-0.2, -0.15) is 5.10 Å². The summed E-state index contributed by atoms with van der Waals surface area (Å²) in [4.78, 5) is 11.3. The molecule has 6 nitrogen and oxygen atoms in total. The third kappa shape index (κ3) is 1.97. The number of rotatable bonds is 1. The molecule has 2 aromatic heterocycles. The van der Waals surface area contributed by atoms with Crippen LogP contribution in [0.1, 0.15) is 18.2 Å². The number of nitrogens with two attached hydrogens (primary N) is 1. The van der Waals surface area contributed by atoms with Crippen LogP contribution >= 0.6 is 0 Å². The first kappa shape index (κ1) is 11.6. The van der Waals surface area contributed by atoms with Gasteiger partial charge in [0, 0.05) is 32.1 Å². The molecule has 0 aromatic carbocycles. The van der Waals surface area contributed by atoms with Crippen LogP contribution in [0.4, 0.5) is 0 Å². The van der Waals surface area contributed by atoms with E-state index in [-0.39, 0.29) is 6.04 Å². The molecule has 18 heavy (non-hydrogen) atoms. The topological polar surface area (TPSA) is 72.9 Å². The van der Waals surface area contributed by atoms with Gasteiger partial charge in [0.05, 0.1) is 12.4 Å². The van der Waals surface area contributed by atoms with Crippen molar-refractivity contribution in [3.8, 4) is 0 Å². The molecule has 2 atom stereocenters. The highest BCUT2D eigenvalue weighted by Crippen LogP contribution is 2.24. The number of likely N-dealkylation sites (N-methyl/N-ethyl adjacent to an activating group) is 1. The molecule has 0 aliphatic carbocycles. The molecular weight excluding hydrogens is 228 g/mol. The molecule has 0 spiro atoms. The van der Waals surface area contributed by atoms with Gasteiger partial charge < -0.3 is 10.6 Å². The van der Waals surface area contributed by atoms with Gasteiger partial charge in [-0.3, -0.25) is 4.68 Å². The highest BCUT2D eigenvalue weighted by Gasteiger charge is 2.26. The lowest BCUT2D eigenvalue weighted by atomic mass is 9.94. The Morgan fingerprint density at radius 1 is 1.28 bits per heavy atom. The number of aromatic nitrogens is 4. The van der Waals surface area contributed by atoms with E-state index in [0.29, 0.717) is 5.92 Å². The van der Waals surface area contributed by atoms with Gasteiger partial charge in [0.1, 0.15) is 16.9 Å². The summed E-state index contributed by atoms with van der Waals surface area (Å²) >= 11 is 0. The largest absolute Gasteiger partial charge is 0.327 e. The summed E-state index contributed by atoms with van der Waals surface area (Å²) in [5, 5.41) is 4.19. The summed E-state index contributed by atoms with van der Waals surface area (Å²) in [5.74, 6) is 1.21. The number of fused-ring (bicyclic) bond motifs is 1. The third-order valence-corrected chi connectivity index (χ3v) is 3.55. The Morgan fingerprint density at radius 3 is 2.89 bits per heavy atom. The predicted molar refractivity (Wildman–Crippen MR) is 69.1 cm³/mol. The van der Waals surface area contributed by atoms with E-state index in [2.05, 4.69) is 27.0 Å². The minimum atomic E-state index is 0.210. The monoisotopic (exact) mass is 246 g/mol. The fourth-order valence-electron chi connectivity index (χ4n) is 2.70. The van der Waals surface area contributed by atoms with Crippen molar-refractivity contribution in [3.05, 3.63) is 18.2 Å². The molecule has 0 bridgehead atoms. The lowest BCUT2D eigenvalue weighted by molar-refractivity contribution is 0.222. The highest BCUT2D eigenvalue weighted by molar-refractivity contribution is 5.72. The number of hydrogen-bond donors (Lipinski definition) is 1. The van der Waals surface area contributed by atoms with Crippen LogP contribution in [0, 0.1) is 0 Å². The van der Waals surface area contributed by atoms with E-state index in [4.69, 9.17) is 5.73 Å². The van der Waals surface area contributed by atoms with Crippen LogP contribution in [0.5, 0.6) is 0 Å². The zero-order valence-electron chi connectivity index (χ0n) is 10.7. The lowest BCUT2D eigenvalue weighted by Gasteiger charge is -2.32. The minimum absolute atomic E-state index is 0.210. The van der Waals surface area contributed by atoms with E-state index < -0.39 is 0 Å². The maximum Gasteiger partial charge on any atom is 0.133 e. The first-order valence-corrected chi connectivity index (χ1v) is 6.22. The number of likely N-dealkylation sites (tertiary alicyclic amines) is 1.